The molecule has 1 amide bonds. The molecule has 0 N–H and O–H groups in total. The van der Waals surface area contributed by atoms with E-state index < -0.39 is 0 Å². The van der Waals surface area contributed by atoms with Crippen molar-refractivity contribution < 1.29 is 9.53 Å². The van der Waals surface area contributed by atoms with Crippen LogP contribution in [0.5, 0.6) is 0 Å². The Hall–Kier alpha value is -2.41. The predicted molar refractivity (Wildman–Crippen MR) is 93.7 cm³/mol. The second kappa shape index (κ2) is 7.23. The molecule has 4 heterocycles. The molecule has 0 bridgehead atoms. The van der Waals surface area contributed by atoms with Gasteiger partial charge in [0.15, 0.2) is 0 Å². The number of aromatic nitrogens is 3. The van der Waals surface area contributed by atoms with Crippen molar-refractivity contribution in [3.63, 3.8) is 0 Å². The molecule has 132 valence electrons. The Morgan fingerprint density at radius 1 is 1.20 bits per heavy atom. The SMILES string of the molecule is O=C(c1ccc(N2CCOCC2)nc1)N1CCC[C@@H](n2cccn2)C1. The third-order valence-electron chi connectivity index (χ3n) is 4.91. The van der Waals surface area contributed by atoms with Crippen LogP contribution in [-0.4, -0.2) is 65.0 Å². The molecule has 2 fully saturated rings. The first-order chi connectivity index (χ1) is 12.3. The fraction of sp³-hybridized carbons (Fsp3) is 0.500. The minimum atomic E-state index is 0.0536. The number of carbonyl (C=O) groups excluding carboxylic acids is 1. The first kappa shape index (κ1) is 16.1. The van der Waals surface area contributed by atoms with Crippen LogP contribution in [0.2, 0.25) is 0 Å². The highest BCUT2D eigenvalue weighted by atomic mass is 16.5. The summed E-state index contributed by atoms with van der Waals surface area (Å²) >= 11 is 0. The van der Waals surface area contributed by atoms with E-state index in [1.807, 2.05) is 34.0 Å². The van der Waals surface area contributed by atoms with Gasteiger partial charge >= 0.3 is 0 Å². The lowest BCUT2D eigenvalue weighted by atomic mass is 10.0. The van der Waals surface area contributed by atoms with Gasteiger partial charge in [-0.1, -0.05) is 0 Å². The molecule has 25 heavy (non-hydrogen) atoms. The topological polar surface area (TPSA) is 63.5 Å². The third-order valence-corrected chi connectivity index (χ3v) is 4.91. The van der Waals surface area contributed by atoms with Gasteiger partial charge in [-0.3, -0.25) is 9.48 Å². The molecular formula is C18H23N5O2. The lowest BCUT2D eigenvalue weighted by molar-refractivity contribution is 0.0672. The fourth-order valence-electron chi connectivity index (χ4n) is 3.53. The summed E-state index contributed by atoms with van der Waals surface area (Å²) in [7, 11) is 0. The van der Waals surface area contributed by atoms with E-state index in [2.05, 4.69) is 15.0 Å². The number of amides is 1. The van der Waals surface area contributed by atoms with Crippen molar-refractivity contribution in [2.24, 2.45) is 0 Å². The summed E-state index contributed by atoms with van der Waals surface area (Å²) in [4.78, 5) is 21.4. The highest BCUT2D eigenvalue weighted by Gasteiger charge is 2.26. The van der Waals surface area contributed by atoms with E-state index in [0.717, 1.165) is 51.5 Å². The molecule has 0 radical (unpaired) electrons. The van der Waals surface area contributed by atoms with Gasteiger partial charge in [0.05, 0.1) is 24.8 Å². The van der Waals surface area contributed by atoms with Crippen LogP contribution in [0.3, 0.4) is 0 Å². The molecule has 2 aliphatic rings. The average Bonchev–Trinajstić information content (AvgIpc) is 3.23. The maximum absolute atomic E-state index is 12.8. The summed E-state index contributed by atoms with van der Waals surface area (Å²) < 4.78 is 7.32. The molecule has 0 saturated carbocycles. The van der Waals surface area contributed by atoms with E-state index in [9.17, 15) is 4.79 Å². The largest absolute Gasteiger partial charge is 0.378 e. The van der Waals surface area contributed by atoms with Crippen molar-refractivity contribution in [1.29, 1.82) is 0 Å². The summed E-state index contributed by atoms with van der Waals surface area (Å²) in [5.41, 5.74) is 0.651. The Morgan fingerprint density at radius 3 is 2.80 bits per heavy atom. The van der Waals surface area contributed by atoms with Crippen molar-refractivity contribution in [2.75, 3.05) is 44.3 Å². The smallest absolute Gasteiger partial charge is 0.255 e. The molecule has 4 rings (SSSR count). The molecule has 7 nitrogen and oxygen atoms in total. The number of hydrogen-bond donors (Lipinski definition) is 0. The summed E-state index contributed by atoms with van der Waals surface area (Å²) in [6.45, 7) is 4.64. The van der Waals surface area contributed by atoms with E-state index in [0.29, 0.717) is 12.1 Å². The minimum absolute atomic E-state index is 0.0536. The monoisotopic (exact) mass is 341 g/mol. The maximum atomic E-state index is 12.8. The number of nitrogens with zero attached hydrogens (tertiary/aromatic N) is 5. The molecule has 2 aromatic rings. The zero-order chi connectivity index (χ0) is 17.1. The average molecular weight is 341 g/mol. The number of pyridine rings is 1. The van der Waals surface area contributed by atoms with Crippen LogP contribution in [0.4, 0.5) is 5.82 Å². The van der Waals surface area contributed by atoms with Gasteiger partial charge in [-0.05, 0) is 31.0 Å². The number of anilines is 1. The van der Waals surface area contributed by atoms with Gasteiger partial charge < -0.3 is 14.5 Å². The van der Waals surface area contributed by atoms with Gasteiger partial charge in [0.25, 0.3) is 5.91 Å². The molecule has 0 spiro atoms. The fourth-order valence-corrected chi connectivity index (χ4v) is 3.53. The van der Waals surface area contributed by atoms with Crippen LogP contribution in [0, 0.1) is 0 Å². The second-order valence-corrected chi connectivity index (χ2v) is 6.54. The van der Waals surface area contributed by atoms with Gasteiger partial charge in [0, 0.05) is 44.8 Å². The molecule has 0 aliphatic carbocycles. The van der Waals surface area contributed by atoms with Gasteiger partial charge in [-0.2, -0.15) is 5.10 Å². The molecule has 2 aromatic heterocycles. The number of piperidine rings is 1. The Morgan fingerprint density at radius 2 is 2.08 bits per heavy atom. The number of hydrogen-bond acceptors (Lipinski definition) is 5. The first-order valence-electron chi connectivity index (χ1n) is 8.88. The Bertz CT molecular complexity index is 695. The van der Waals surface area contributed by atoms with Crippen molar-refractivity contribution in [3.05, 3.63) is 42.4 Å². The number of carbonyl (C=O) groups is 1. The van der Waals surface area contributed by atoms with Gasteiger partial charge in [-0.25, -0.2) is 4.98 Å². The summed E-state index contributed by atoms with van der Waals surface area (Å²) in [6, 6.07) is 6.01. The number of morpholine rings is 1. The third kappa shape index (κ3) is 3.51. The van der Waals surface area contributed by atoms with Gasteiger partial charge in [0.1, 0.15) is 5.82 Å². The molecule has 7 heteroatoms. The summed E-state index contributed by atoms with van der Waals surface area (Å²) in [6.07, 6.45) is 7.51. The van der Waals surface area contributed by atoms with E-state index in [1.165, 1.54) is 0 Å². The highest BCUT2D eigenvalue weighted by molar-refractivity contribution is 5.94. The van der Waals surface area contributed by atoms with Crippen molar-refractivity contribution in [1.82, 2.24) is 19.7 Å². The van der Waals surface area contributed by atoms with E-state index >= 15 is 0 Å². The Labute approximate surface area is 147 Å². The minimum Gasteiger partial charge on any atom is -0.378 e. The second-order valence-electron chi connectivity index (χ2n) is 6.54. The highest BCUT2D eigenvalue weighted by Crippen LogP contribution is 2.22. The quantitative estimate of drug-likeness (QED) is 0.848. The molecule has 2 aliphatic heterocycles. The number of rotatable bonds is 3. The lowest BCUT2D eigenvalue weighted by Gasteiger charge is -2.33. The summed E-state index contributed by atoms with van der Waals surface area (Å²) in [5.74, 6) is 0.964. The van der Waals surface area contributed by atoms with Crippen LogP contribution in [0.15, 0.2) is 36.8 Å². The number of likely N-dealkylation sites (tertiary alicyclic amines) is 1. The normalized spacial score (nSPS) is 21.4. The van der Waals surface area contributed by atoms with Crippen LogP contribution < -0.4 is 4.90 Å². The standard InChI is InChI=1S/C18H23N5O2/c24-18(22-7-1-3-16(14-22)23-8-2-6-20-23)15-4-5-17(19-13-15)21-9-11-25-12-10-21/h2,4-6,8,13,16H,1,3,7,9-12,14H2/t16-/m1/s1. The molecule has 0 aromatic carbocycles. The van der Waals surface area contributed by atoms with E-state index in [1.54, 1.807) is 12.4 Å². The van der Waals surface area contributed by atoms with Crippen LogP contribution >= 0.6 is 0 Å². The predicted octanol–water partition coefficient (Wildman–Crippen LogP) is 1.59. The van der Waals surface area contributed by atoms with Crippen LogP contribution in [0.25, 0.3) is 0 Å². The van der Waals surface area contributed by atoms with Crippen molar-refractivity contribution in [3.8, 4) is 0 Å². The van der Waals surface area contributed by atoms with Crippen molar-refractivity contribution >= 4 is 11.7 Å². The molecule has 0 unspecified atom stereocenters. The first-order valence-corrected chi connectivity index (χ1v) is 8.88. The molecular weight excluding hydrogens is 318 g/mol. The lowest BCUT2D eigenvalue weighted by Crippen LogP contribution is -2.41. The zero-order valence-electron chi connectivity index (χ0n) is 14.3. The maximum Gasteiger partial charge on any atom is 0.255 e. The van der Waals surface area contributed by atoms with Crippen LogP contribution in [-0.2, 0) is 4.74 Å². The number of ether oxygens (including phenoxy) is 1. The Kier molecular flexibility index (Phi) is 4.65. The van der Waals surface area contributed by atoms with E-state index in [4.69, 9.17) is 4.74 Å². The zero-order valence-corrected chi connectivity index (χ0v) is 14.3. The van der Waals surface area contributed by atoms with Crippen LogP contribution in [0.1, 0.15) is 29.2 Å². The van der Waals surface area contributed by atoms with Crippen molar-refractivity contribution in [2.45, 2.75) is 18.9 Å². The summed E-state index contributed by atoms with van der Waals surface area (Å²) in [5, 5.41) is 4.32. The molecule has 1 atom stereocenters. The Balaban J connectivity index is 1.43. The van der Waals surface area contributed by atoms with E-state index in [-0.39, 0.29) is 11.9 Å². The van der Waals surface area contributed by atoms with Gasteiger partial charge in [-0.15, -0.1) is 0 Å². The molecule has 2 saturated heterocycles. The van der Waals surface area contributed by atoms with Gasteiger partial charge in [0.2, 0.25) is 0 Å².